The van der Waals surface area contributed by atoms with Crippen LogP contribution in [-0.2, 0) is 4.74 Å². The lowest BCUT2D eigenvalue weighted by Gasteiger charge is -2.23. The molecule has 5 heteroatoms. The summed E-state index contributed by atoms with van der Waals surface area (Å²) in [7, 11) is 0. The third-order valence-electron chi connectivity index (χ3n) is 4.23. The van der Waals surface area contributed by atoms with E-state index in [9.17, 15) is 0 Å². The van der Waals surface area contributed by atoms with Crippen LogP contribution in [0.15, 0.2) is 42.6 Å². The molecule has 0 unspecified atom stereocenters. The smallest absolute Gasteiger partial charge is 0.150 e. The fourth-order valence-corrected chi connectivity index (χ4v) is 3.51. The van der Waals surface area contributed by atoms with Gasteiger partial charge in [0.2, 0.25) is 0 Å². The Kier molecular flexibility index (Phi) is 4.62. The van der Waals surface area contributed by atoms with Crippen LogP contribution in [-0.4, -0.2) is 21.4 Å². The van der Waals surface area contributed by atoms with E-state index in [0.717, 1.165) is 41.7 Å². The van der Waals surface area contributed by atoms with Crippen molar-refractivity contribution in [1.29, 1.82) is 0 Å². The second kappa shape index (κ2) is 7.03. The monoisotopic (exact) mass is 431 g/mol. The third kappa shape index (κ3) is 3.23. The van der Waals surface area contributed by atoms with Crippen LogP contribution in [0.5, 0.6) is 0 Å². The van der Waals surface area contributed by atoms with Gasteiger partial charge in [0.25, 0.3) is 0 Å². The fraction of sp³-hybridized carbons (Fsp3) is 0.263. The summed E-state index contributed by atoms with van der Waals surface area (Å²) in [4.78, 5) is 4.34. The van der Waals surface area contributed by atoms with E-state index in [1.54, 1.807) is 6.20 Å². The maximum absolute atomic E-state index is 5.95. The quantitative estimate of drug-likeness (QED) is 0.554. The molecule has 3 aromatic rings. The predicted molar refractivity (Wildman–Crippen MR) is 104 cm³/mol. The molecule has 0 spiro atoms. The zero-order chi connectivity index (χ0) is 16.4. The van der Waals surface area contributed by atoms with Crippen molar-refractivity contribution < 1.29 is 4.74 Å². The number of fused-ring (bicyclic) bond motifs is 1. The van der Waals surface area contributed by atoms with Crippen LogP contribution in [0, 0.1) is 3.57 Å². The second-order valence-corrected chi connectivity index (χ2v) is 7.15. The number of pyridine rings is 1. The molecule has 1 aromatic carbocycles. The fourth-order valence-electron chi connectivity index (χ4n) is 3.03. The summed E-state index contributed by atoms with van der Waals surface area (Å²) in [5.74, 6) is 0. The van der Waals surface area contributed by atoms with E-state index in [4.69, 9.17) is 9.84 Å². The molecule has 1 saturated heterocycles. The first-order valence-electron chi connectivity index (χ1n) is 8.20. The van der Waals surface area contributed by atoms with Gasteiger partial charge in [0.05, 0.1) is 16.9 Å². The summed E-state index contributed by atoms with van der Waals surface area (Å²) in [5.41, 5.74) is 3.02. The molecule has 4 rings (SSSR count). The van der Waals surface area contributed by atoms with Crippen molar-refractivity contribution in [1.82, 2.24) is 14.8 Å². The van der Waals surface area contributed by atoms with Gasteiger partial charge in [-0.2, -0.15) is 5.10 Å². The highest BCUT2D eigenvalue weighted by molar-refractivity contribution is 14.1. The summed E-state index contributed by atoms with van der Waals surface area (Å²) in [5, 5.41) is 5.99. The van der Waals surface area contributed by atoms with Crippen LogP contribution in [0.4, 0.5) is 0 Å². The average Bonchev–Trinajstić information content (AvgIpc) is 2.99. The van der Waals surface area contributed by atoms with Gasteiger partial charge in [-0.15, -0.1) is 0 Å². The molecule has 1 atom stereocenters. The van der Waals surface area contributed by atoms with Gasteiger partial charge >= 0.3 is 0 Å². The van der Waals surface area contributed by atoms with Gasteiger partial charge in [-0.1, -0.05) is 6.07 Å². The minimum Gasteiger partial charge on any atom is -0.356 e. The van der Waals surface area contributed by atoms with Gasteiger partial charge in [0.1, 0.15) is 0 Å². The van der Waals surface area contributed by atoms with E-state index < -0.39 is 0 Å². The molecule has 0 amide bonds. The predicted octanol–water partition coefficient (Wildman–Crippen LogP) is 4.91. The normalized spacial score (nSPS) is 18.5. The topological polar surface area (TPSA) is 39.9 Å². The van der Waals surface area contributed by atoms with E-state index in [1.165, 1.54) is 9.99 Å². The molecule has 0 radical (unpaired) electrons. The number of ether oxygens (including phenoxy) is 1. The van der Waals surface area contributed by atoms with E-state index >= 15 is 0 Å². The average molecular weight is 431 g/mol. The number of benzene rings is 1. The zero-order valence-electron chi connectivity index (χ0n) is 13.2. The summed E-state index contributed by atoms with van der Waals surface area (Å²) < 4.78 is 9.21. The molecule has 0 N–H and O–H groups in total. The Morgan fingerprint density at radius 2 is 2.12 bits per heavy atom. The number of aromatic nitrogens is 3. The van der Waals surface area contributed by atoms with Gasteiger partial charge in [-0.25, -0.2) is 4.68 Å². The molecule has 122 valence electrons. The Labute approximate surface area is 154 Å². The molecule has 3 heterocycles. The molecule has 1 aliphatic heterocycles. The van der Waals surface area contributed by atoms with Gasteiger partial charge in [-0.05, 0) is 84.3 Å². The lowest BCUT2D eigenvalue weighted by molar-refractivity contribution is -0.0367. The molecule has 0 bridgehead atoms. The number of nitrogens with zero attached hydrogens (tertiary/aromatic N) is 3. The highest BCUT2D eigenvalue weighted by Crippen LogP contribution is 2.29. The number of halogens is 1. The van der Waals surface area contributed by atoms with E-state index in [0.29, 0.717) is 0 Å². The van der Waals surface area contributed by atoms with Gasteiger partial charge in [0, 0.05) is 21.8 Å². The van der Waals surface area contributed by atoms with Crippen molar-refractivity contribution in [3.8, 4) is 0 Å². The van der Waals surface area contributed by atoms with Crippen molar-refractivity contribution in [2.75, 3.05) is 6.61 Å². The molecule has 1 aliphatic rings. The summed E-state index contributed by atoms with van der Waals surface area (Å²) in [6, 6.07) is 12.3. The first kappa shape index (κ1) is 15.8. The maximum atomic E-state index is 5.95. The van der Waals surface area contributed by atoms with Gasteiger partial charge in [-0.3, -0.25) is 4.98 Å². The Balaban J connectivity index is 1.76. The summed E-state index contributed by atoms with van der Waals surface area (Å²) in [6.07, 6.45) is 9.23. The molecular weight excluding hydrogens is 413 g/mol. The molecule has 2 aromatic heterocycles. The molecule has 0 saturated carbocycles. The lowest BCUT2D eigenvalue weighted by atomic mass is 10.1. The highest BCUT2D eigenvalue weighted by Gasteiger charge is 2.20. The summed E-state index contributed by atoms with van der Waals surface area (Å²) in [6.45, 7) is 0.815. The molecule has 1 fully saturated rings. The van der Waals surface area contributed by atoms with Crippen molar-refractivity contribution in [2.45, 2.75) is 25.5 Å². The Morgan fingerprint density at radius 1 is 1.17 bits per heavy atom. The maximum Gasteiger partial charge on any atom is 0.150 e. The second-order valence-electron chi connectivity index (χ2n) is 5.90. The van der Waals surface area contributed by atoms with Crippen molar-refractivity contribution in [3.05, 3.63) is 57.6 Å². The van der Waals surface area contributed by atoms with E-state index in [2.05, 4.69) is 50.5 Å². The van der Waals surface area contributed by atoms with Crippen LogP contribution in [0.3, 0.4) is 0 Å². The van der Waals surface area contributed by atoms with Crippen LogP contribution >= 0.6 is 22.6 Å². The molecular formula is C19H18IN3O. The van der Waals surface area contributed by atoms with Crippen molar-refractivity contribution in [2.24, 2.45) is 0 Å². The van der Waals surface area contributed by atoms with E-state index in [1.807, 2.05) is 30.4 Å². The minimum atomic E-state index is 0.0384. The lowest BCUT2D eigenvalue weighted by Crippen LogP contribution is -2.19. The van der Waals surface area contributed by atoms with Crippen molar-refractivity contribution >= 4 is 45.6 Å². The highest BCUT2D eigenvalue weighted by atomic mass is 127. The first-order valence-corrected chi connectivity index (χ1v) is 9.27. The van der Waals surface area contributed by atoms with Crippen LogP contribution in [0.1, 0.15) is 36.9 Å². The number of hydrogen-bond acceptors (Lipinski definition) is 3. The molecule has 4 nitrogen and oxygen atoms in total. The summed E-state index contributed by atoms with van der Waals surface area (Å²) >= 11 is 2.35. The van der Waals surface area contributed by atoms with Crippen LogP contribution < -0.4 is 0 Å². The molecule has 24 heavy (non-hydrogen) atoms. The van der Waals surface area contributed by atoms with E-state index in [-0.39, 0.29) is 6.23 Å². The largest absolute Gasteiger partial charge is 0.356 e. The first-order chi connectivity index (χ1) is 11.8. The van der Waals surface area contributed by atoms with Gasteiger partial charge < -0.3 is 4.74 Å². The zero-order valence-corrected chi connectivity index (χ0v) is 15.4. The Morgan fingerprint density at radius 3 is 2.92 bits per heavy atom. The SMILES string of the molecule is Ic1ccc2c(/C=C/c3ccccn3)nn([C@@H]3CCCCO3)c2c1. The van der Waals surface area contributed by atoms with Crippen LogP contribution in [0.25, 0.3) is 23.1 Å². The van der Waals surface area contributed by atoms with Crippen molar-refractivity contribution in [3.63, 3.8) is 0 Å². The van der Waals surface area contributed by atoms with Gasteiger partial charge in [0.15, 0.2) is 6.23 Å². The van der Waals surface area contributed by atoms with Crippen LogP contribution in [0.2, 0.25) is 0 Å². The number of hydrogen-bond donors (Lipinski definition) is 0. The minimum absolute atomic E-state index is 0.0384. The Bertz CT molecular complexity index is 867. The standard InChI is InChI=1S/C19H18IN3O/c20-14-7-9-16-17(10-8-15-5-1-3-11-21-15)22-23(18(16)13-14)19-6-2-4-12-24-19/h1,3,5,7-11,13,19H,2,4,6,12H2/b10-8+/t19-/m0/s1. The third-order valence-corrected chi connectivity index (χ3v) is 4.90. The Hall–Kier alpha value is -1.73. The number of rotatable bonds is 3. The molecule has 0 aliphatic carbocycles.